The standard InChI is InChI=1S/C30H29ClN4O6/c1-34(29(39)40)22-11-8-20(9-12-22)26(36)32-25(16-19-6-3-2-4-7-19)27(37)35-15-5-14-30(18-35)23-17-21(31)10-13-24(23)33-28(38)41-30/h2-4,6-13,17,25H,5,14-16,18H2,1H3,(H,32,36)(H,33,38)(H,39,40)/t25-,30+/m0/s1. The molecular weight excluding hydrogens is 548 g/mol. The molecule has 1 fully saturated rings. The molecule has 0 aromatic heterocycles. The first-order valence-corrected chi connectivity index (χ1v) is 13.5. The number of carboxylic acid groups (broad SMARTS) is 1. The number of benzene rings is 3. The Bertz CT molecular complexity index is 1480. The van der Waals surface area contributed by atoms with Crippen molar-refractivity contribution in [2.45, 2.75) is 30.9 Å². The van der Waals surface area contributed by atoms with Crippen molar-refractivity contribution in [2.24, 2.45) is 0 Å². The molecule has 3 aromatic rings. The minimum absolute atomic E-state index is 0.115. The van der Waals surface area contributed by atoms with E-state index in [9.17, 15) is 24.3 Å². The molecule has 11 heteroatoms. The van der Waals surface area contributed by atoms with Gasteiger partial charge in [-0.05, 0) is 60.9 Å². The summed E-state index contributed by atoms with van der Waals surface area (Å²) in [4.78, 5) is 53.7. The maximum Gasteiger partial charge on any atom is 0.412 e. The normalized spacial score (nSPS) is 18.5. The molecule has 2 heterocycles. The van der Waals surface area contributed by atoms with Crippen molar-refractivity contribution < 1.29 is 29.0 Å². The second-order valence-corrected chi connectivity index (χ2v) is 10.6. The Hall–Kier alpha value is -4.57. The maximum atomic E-state index is 14.0. The highest BCUT2D eigenvalue weighted by atomic mass is 35.5. The number of hydrogen-bond donors (Lipinski definition) is 3. The van der Waals surface area contributed by atoms with Crippen LogP contribution in [0.5, 0.6) is 0 Å². The topological polar surface area (TPSA) is 128 Å². The molecule has 212 valence electrons. The van der Waals surface area contributed by atoms with Gasteiger partial charge < -0.3 is 20.1 Å². The Balaban J connectivity index is 1.40. The predicted octanol–water partition coefficient (Wildman–Crippen LogP) is 4.88. The fourth-order valence-corrected chi connectivity index (χ4v) is 5.51. The van der Waals surface area contributed by atoms with E-state index in [4.69, 9.17) is 16.3 Å². The van der Waals surface area contributed by atoms with Crippen LogP contribution in [0.25, 0.3) is 0 Å². The van der Waals surface area contributed by atoms with Gasteiger partial charge in [0.15, 0.2) is 5.60 Å². The minimum Gasteiger partial charge on any atom is -0.465 e. The zero-order valence-electron chi connectivity index (χ0n) is 22.3. The maximum absolute atomic E-state index is 14.0. The van der Waals surface area contributed by atoms with Crippen LogP contribution in [0.4, 0.5) is 21.0 Å². The molecule has 1 saturated heterocycles. The van der Waals surface area contributed by atoms with Crippen LogP contribution in [-0.4, -0.2) is 60.2 Å². The molecule has 5 rings (SSSR count). The van der Waals surface area contributed by atoms with Gasteiger partial charge in [0.25, 0.3) is 5.91 Å². The van der Waals surface area contributed by atoms with Gasteiger partial charge in [-0.25, -0.2) is 9.59 Å². The van der Waals surface area contributed by atoms with E-state index in [1.165, 1.54) is 31.3 Å². The molecule has 0 unspecified atom stereocenters. The Morgan fingerprint density at radius 1 is 1.12 bits per heavy atom. The Kier molecular flexibility index (Phi) is 7.85. The zero-order valence-corrected chi connectivity index (χ0v) is 23.1. The first kappa shape index (κ1) is 28.0. The summed E-state index contributed by atoms with van der Waals surface area (Å²) in [5.41, 5.74) is 1.78. The van der Waals surface area contributed by atoms with Gasteiger partial charge in [0.1, 0.15) is 6.04 Å². The van der Waals surface area contributed by atoms with E-state index in [0.29, 0.717) is 41.3 Å². The fraction of sp³-hybridized carbons (Fsp3) is 0.267. The average molecular weight is 577 g/mol. The van der Waals surface area contributed by atoms with Crippen LogP contribution in [-0.2, 0) is 21.6 Å². The highest BCUT2D eigenvalue weighted by Crippen LogP contribution is 2.43. The number of halogens is 1. The molecule has 10 nitrogen and oxygen atoms in total. The van der Waals surface area contributed by atoms with E-state index in [0.717, 1.165) is 10.5 Å². The van der Waals surface area contributed by atoms with Gasteiger partial charge in [-0.2, -0.15) is 0 Å². The van der Waals surface area contributed by atoms with Gasteiger partial charge in [0, 0.05) is 41.9 Å². The van der Waals surface area contributed by atoms with E-state index in [2.05, 4.69) is 10.6 Å². The number of fused-ring (bicyclic) bond motifs is 2. The predicted molar refractivity (Wildman–Crippen MR) is 153 cm³/mol. The van der Waals surface area contributed by atoms with E-state index in [-0.39, 0.29) is 24.4 Å². The lowest BCUT2D eigenvalue weighted by atomic mass is 9.83. The molecule has 0 radical (unpaired) electrons. The second kappa shape index (κ2) is 11.5. The summed E-state index contributed by atoms with van der Waals surface area (Å²) in [6.45, 7) is 0.544. The zero-order chi connectivity index (χ0) is 29.1. The van der Waals surface area contributed by atoms with Crippen molar-refractivity contribution in [1.82, 2.24) is 10.2 Å². The third-order valence-electron chi connectivity index (χ3n) is 7.45. The molecule has 4 amide bonds. The summed E-state index contributed by atoms with van der Waals surface area (Å²) in [5.74, 6) is -0.775. The van der Waals surface area contributed by atoms with Crippen molar-refractivity contribution in [3.8, 4) is 0 Å². The molecule has 41 heavy (non-hydrogen) atoms. The number of nitrogens with one attached hydrogen (secondary N) is 2. The molecule has 0 bridgehead atoms. The summed E-state index contributed by atoms with van der Waals surface area (Å²) in [5, 5.41) is 15.3. The van der Waals surface area contributed by atoms with Crippen molar-refractivity contribution >= 4 is 47.0 Å². The third-order valence-corrected chi connectivity index (χ3v) is 7.69. The molecular formula is C30H29ClN4O6. The second-order valence-electron chi connectivity index (χ2n) is 10.2. The largest absolute Gasteiger partial charge is 0.465 e. The van der Waals surface area contributed by atoms with Crippen LogP contribution in [0.2, 0.25) is 5.02 Å². The molecule has 2 aliphatic heterocycles. The summed E-state index contributed by atoms with van der Waals surface area (Å²) in [6, 6.07) is 19.7. The van der Waals surface area contributed by atoms with Crippen LogP contribution < -0.4 is 15.5 Å². The number of piperidine rings is 1. The monoisotopic (exact) mass is 576 g/mol. The van der Waals surface area contributed by atoms with Crippen molar-refractivity contribution in [1.29, 1.82) is 0 Å². The number of anilines is 2. The molecule has 1 spiro atoms. The summed E-state index contributed by atoms with van der Waals surface area (Å²) >= 11 is 6.29. The third kappa shape index (κ3) is 5.97. The smallest absolute Gasteiger partial charge is 0.412 e. The average Bonchev–Trinajstić information content (AvgIpc) is 2.97. The number of nitrogens with zero attached hydrogens (tertiary/aromatic N) is 2. The quantitative estimate of drug-likeness (QED) is 0.384. The highest BCUT2D eigenvalue weighted by Gasteiger charge is 2.47. The van der Waals surface area contributed by atoms with E-state index in [1.54, 1.807) is 23.1 Å². The van der Waals surface area contributed by atoms with Gasteiger partial charge in [0.05, 0.1) is 12.2 Å². The number of amides is 4. The van der Waals surface area contributed by atoms with Crippen LogP contribution in [0, 0.1) is 0 Å². The molecule has 0 saturated carbocycles. The number of ether oxygens (including phenoxy) is 1. The van der Waals surface area contributed by atoms with Crippen LogP contribution >= 0.6 is 11.6 Å². The van der Waals surface area contributed by atoms with E-state index >= 15 is 0 Å². The number of rotatable bonds is 6. The number of carbonyl (C=O) groups excluding carboxylic acids is 3. The lowest BCUT2D eigenvalue weighted by Crippen LogP contribution is -2.57. The summed E-state index contributed by atoms with van der Waals surface area (Å²) in [7, 11) is 1.41. The van der Waals surface area contributed by atoms with Gasteiger partial charge in [-0.15, -0.1) is 0 Å². The lowest BCUT2D eigenvalue weighted by Gasteiger charge is -2.45. The highest BCUT2D eigenvalue weighted by molar-refractivity contribution is 6.30. The first-order chi connectivity index (χ1) is 19.6. The Morgan fingerprint density at radius 2 is 1.85 bits per heavy atom. The SMILES string of the molecule is CN(C(=O)O)c1ccc(C(=O)N[C@@H](Cc2ccccc2)C(=O)N2CCC[C@]3(C2)OC(=O)Nc2ccc(Cl)cc23)cc1. The number of hydrogen-bond acceptors (Lipinski definition) is 5. The van der Waals surface area contributed by atoms with Crippen molar-refractivity contribution in [3.63, 3.8) is 0 Å². The van der Waals surface area contributed by atoms with Crippen LogP contribution in [0.15, 0.2) is 72.8 Å². The first-order valence-electron chi connectivity index (χ1n) is 13.2. The molecule has 2 aliphatic rings. The molecule has 0 aliphatic carbocycles. The Labute approximate surface area is 241 Å². The van der Waals surface area contributed by atoms with Crippen molar-refractivity contribution in [3.05, 3.63) is 94.5 Å². The Morgan fingerprint density at radius 3 is 2.56 bits per heavy atom. The summed E-state index contributed by atoms with van der Waals surface area (Å²) in [6.07, 6.45) is -0.377. The summed E-state index contributed by atoms with van der Waals surface area (Å²) < 4.78 is 5.84. The lowest BCUT2D eigenvalue weighted by molar-refractivity contribution is -0.141. The van der Waals surface area contributed by atoms with Gasteiger partial charge >= 0.3 is 12.2 Å². The minimum atomic E-state index is -1.13. The number of likely N-dealkylation sites (tertiary alicyclic amines) is 1. The van der Waals surface area contributed by atoms with E-state index in [1.807, 2.05) is 30.3 Å². The van der Waals surface area contributed by atoms with Gasteiger partial charge in [-0.1, -0.05) is 41.9 Å². The van der Waals surface area contributed by atoms with Crippen LogP contribution in [0.1, 0.15) is 34.3 Å². The molecule has 3 aromatic carbocycles. The fourth-order valence-electron chi connectivity index (χ4n) is 5.34. The molecule has 3 N–H and O–H groups in total. The van der Waals surface area contributed by atoms with Crippen LogP contribution in [0.3, 0.4) is 0 Å². The molecule has 2 atom stereocenters. The van der Waals surface area contributed by atoms with Gasteiger partial charge in [-0.3, -0.25) is 19.8 Å². The van der Waals surface area contributed by atoms with E-state index < -0.39 is 29.7 Å². The number of carbonyl (C=O) groups is 4. The van der Waals surface area contributed by atoms with Gasteiger partial charge in [0.2, 0.25) is 5.91 Å². The van der Waals surface area contributed by atoms with Crippen molar-refractivity contribution in [2.75, 3.05) is 30.4 Å².